The highest BCUT2D eigenvalue weighted by molar-refractivity contribution is 7.99. The van der Waals surface area contributed by atoms with Crippen molar-refractivity contribution in [3.8, 4) is 11.1 Å². The molecule has 0 aliphatic carbocycles. The van der Waals surface area contributed by atoms with Gasteiger partial charge in [0.2, 0.25) is 11.8 Å². The van der Waals surface area contributed by atoms with Crippen molar-refractivity contribution in [3.63, 3.8) is 0 Å². The zero-order valence-electron chi connectivity index (χ0n) is 24.6. The third kappa shape index (κ3) is 9.40. The molecule has 0 bridgehead atoms. The number of nitrogens with one attached hydrogen (secondary N) is 1. The van der Waals surface area contributed by atoms with Gasteiger partial charge in [0.05, 0.1) is 18.4 Å². The van der Waals surface area contributed by atoms with Crippen LogP contribution >= 0.6 is 11.8 Å². The van der Waals surface area contributed by atoms with Crippen molar-refractivity contribution in [3.05, 3.63) is 83.7 Å². The van der Waals surface area contributed by atoms with Crippen LogP contribution < -0.4 is 11.1 Å². The lowest BCUT2D eigenvalue weighted by atomic mass is 9.83. The highest BCUT2D eigenvalue weighted by Crippen LogP contribution is 2.41. The predicted octanol–water partition coefficient (Wildman–Crippen LogP) is 4.98. The number of benzene rings is 2. The maximum atomic E-state index is 14.9. The molecule has 3 rings (SSSR count). The van der Waals surface area contributed by atoms with E-state index >= 15 is 0 Å². The third-order valence-corrected chi connectivity index (χ3v) is 7.78. The van der Waals surface area contributed by atoms with Gasteiger partial charge in [-0.1, -0.05) is 51.1 Å². The maximum absolute atomic E-state index is 14.9. The molecular weight excluding hydrogens is 558 g/mol. The first-order valence-electron chi connectivity index (χ1n) is 14.2. The largest absolute Gasteiger partial charge is 0.395 e. The lowest BCUT2D eigenvalue weighted by Gasteiger charge is -2.41. The molecule has 0 saturated carbocycles. The van der Waals surface area contributed by atoms with Crippen LogP contribution in [0.3, 0.4) is 0 Å². The topological polar surface area (TPSA) is 101 Å². The molecule has 3 aromatic rings. The van der Waals surface area contributed by atoms with E-state index in [-0.39, 0.29) is 42.7 Å². The number of aliphatic hydroxyl groups excluding tert-OH is 1. The van der Waals surface area contributed by atoms with Crippen molar-refractivity contribution < 1.29 is 23.5 Å². The molecule has 0 radical (unpaired) electrons. The number of nitrogens with two attached hydrogens (primary N) is 1. The number of hydrogen-bond acceptors (Lipinski definition) is 5. The number of aliphatic hydroxyl groups is 1. The monoisotopic (exact) mass is 600 g/mol. The van der Waals surface area contributed by atoms with Crippen molar-refractivity contribution in [2.45, 2.75) is 46.2 Å². The molecule has 0 saturated heterocycles. The Balaban J connectivity index is 2.00. The van der Waals surface area contributed by atoms with Gasteiger partial charge in [-0.2, -0.15) is 11.8 Å². The van der Waals surface area contributed by atoms with Gasteiger partial charge in [-0.25, -0.2) is 8.78 Å². The van der Waals surface area contributed by atoms with E-state index in [1.54, 1.807) is 0 Å². The van der Waals surface area contributed by atoms with Gasteiger partial charge in [-0.3, -0.25) is 9.59 Å². The predicted molar refractivity (Wildman–Crippen MR) is 165 cm³/mol. The minimum Gasteiger partial charge on any atom is -0.395 e. The van der Waals surface area contributed by atoms with Gasteiger partial charge in [0.15, 0.2) is 0 Å². The molecule has 7 nitrogen and oxygen atoms in total. The summed E-state index contributed by atoms with van der Waals surface area (Å²) in [7, 11) is 0. The van der Waals surface area contributed by atoms with Crippen molar-refractivity contribution in [2.24, 2.45) is 11.1 Å². The number of carbonyl (C=O) groups excluding carboxylic acids is 2. The van der Waals surface area contributed by atoms with E-state index in [0.29, 0.717) is 37.4 Å². The summed E-state index contributed by atoms with van der Waals surface area (Å²) in [4.78, 5) is 27.5. The molecule has 2 aromatic carbocycles. The first-order chi connectivity index (χ1) is 20.0. The fourth-order valence-corrected chi connectivity index (χ4v) is 5.78. The van der Waals surface area contributed by atoms with Gasteiger partial charge in [0.25, 0.3) is 0 Å². The van der Waals surface area contributed by atoms with Crippen LogP contribution in [0.4, 0.5) is 8.78 Å². The number of hydrogen-bond donors (Lipinski definition) is 3. The van der Waals surface area contributed by atoms with Crippen LogP contribution in [0.5, 0.6) is 0 Å². The number of rotatable bonds is 15. The van der Waals surface area contributed by atoms with Crippen LogP contribution in [0.2, 0.25) is 0 Å². The minimum atomic E-state index is -0.530. The highest BCUT2D eigenvalue weighted by atomic mass is 32.2. The molecular formula is C32H42F2N4O3S. The zero-order valence-corrected chi connectivity index (χ0v) is 25.4. The summed E-state index contributed by atoms with van der Waals surface area (Å²) in [5.74, 6) is -0.681. The molecule has 10 heteroatoms. The Morgan fingerprint density at radius 1 is 1.12 bits per heavy atom. The molecule has 42 heavy (non-hydrogen) atoms. The van der Waals surface area contributed by atoms with E-state index in [9.17, 15) is 18.4 Å². The van der Waals surface area contributed by atoms with Gasteiger partial charge < -0.3 is 25.6 Å². The van der Waals surface area contributed by atoms with E-state index < -0.39 is 23.1 Å². The summed E-state index contributed by atoms with van der Waals surface area (Å²) >= 11 is 1.38. The first kappa shape index (κ1) is 33.3. The van der Waals surface area contributed by atoms with Crippen molar-refractivity contribution in [2.75, 3.05) is 37.7 Å². The summed E-state index contributed by atoms with van der Waals surface area (Å²) in [6, 6.07) is 14.7. The second-order valence-electron chi connectivity index (χ2n) is 11.3. The lowest BCUT2D eigenvalue weighted by molar-refractivity contribution is -0.133. The molecule has 0 spiro atoms. The second-order valence-corrected chi connectivity index (χ2v) is 12.4. The number of thioether (sulfide) groups is 1. The summed E-state index contributed by atoms with van der Waals surface area (Å²) in [5, 5.41) is 11.5. The number of aromatic nitrogens is 1. The standard InChI is InChI=1S/C32H42F2N4O3S/c1-32(2,3)31(38(15-7-13-35)30(41)22-42-17-12-29(40)36-14-16-39)28-18-24(26-19-25(33)10-11-27(26)34)21-37(28)20-23-8-5-4-6-9-23/h4-6,8-11,18-19,21,31,39H,7,12-17,20,22,35H2,1-3H3,(H,36,40)/t31-/m0/s1. The Labute approximate surface area is 251 Å². The van der Waals surface area contributed by atoms with Crippen LogP contribution in [0.25, 0.3) is 11.1 Å². The van der Waals surface area contributed by atoms with Crippen LogP contribution in [0, 0.1) is 17.0 Å². The Hall–Kier alpha value is -3.21. The van der Waals surface area contributed by atoms with Gasteiger partial charge in [-0.05, 0) is 48.2 Å². The molecule has 0 aliphatic rings. The molecule has 4 N–H and O–H groups in total. The Kier molecular flexibility index (Phi) is 12.6. The summed E-state index contributed by atoms with van der Waals surface area (Å²) in [5.41, 5.74) is 7.98. The smallest absolute Gasteiger partial charge is 0.233 e. The van der Waals surface area contributed by atoms with Crippen molar-refractivity contribution >= 4 is 23.6 Å². The summed E-state index contributed by atoms with van der Waals surface area (Å²) < 4.78 is 31.1. The molecule has 0 fully saturated rings. The van der Waals surface area contributed by atoms with E-state index in [2.05, 4.69) is 26.1 Å². The number of nitrogens with zero attached hydrogens (tertiary/aromatic N) is 2. The highest BCUT2D eigenvalue weighted by Gasteiger charge is 2.37. The fourth-order valence-electron chi connectivity index (χ4n) is 4.96. The van der Waals surface area contributed by atoms with E-state index in [1.807, 2.05) is 52.1 Å². The molecule has 0 unspecified atom stereocenters. The Bertz CT molecular complexity index is 1310. The van der Waals surface area contributed by atoms with Gasteiger partial charge in [0, 0.05) is 54.8 Å². The quantitative estimate of drug-likeness (QED) is 0.214. The minimum absolute atomic E-state index is 0.0879. The fraction of sp³-hybridized carbons (Fsp3) is 0.438. The molecule has 1 aromatic heterocycles. The second kappa shape index (κ2) is 15.9. The summed E-state index contributed by atoms with van der Waals surface area (Å²) in [6.45, 7) is 7.56. The SMILES string of the molecule is CC(C)(C)[C@H](c1cc(-c2cc(F)ccc2F)cn1Cc1ccccc1)N(CCCN)C(=O)CSCCC(=O)NCCO. The van der Waals surface area contributed by atoms with Crippen molar-refractivity contribution in [1.29, 1.82) is 0 Å². The van der Waals surface area contributed by atoms with E-state index in [4.69, 9.17) is 10.8 Å². The van der Waals surface area contributed by atoms with Crippen LogP contribution in [-0.2, 0) is 16.1 Å². The van der Waals surface area contributed by atoms with Crippen LogP contribution in [-0.4, -0.2) is 64.1 Å². The van der Waals surface area contributed by atoms with Crippen molar-refractivity contribution in [1.82, 2.24) is 14.8 Å². The molecule has 1 atom stereocenters. The zero-order chi connectivity index (χ0) is 30.7. The molecule has 2 amide bonds. The maximum Gasteiger partial charge on any atom is 0.233 e. The average Bonchev–Trinajstić information content (AvgIpc) is 3.35. The molecule has 228 valence electrons. The Morgan fingerprint density at radius 2 is 1.86 bits per heavy atom. The van der Waals surface area contributed by atoms with Gasteiger partial charge >= 0.3 is 0 Å². The Morgan fingerprint density at radius 3 is 2.52 bits per heavy atom. The molecule has 1 heterocycles. The van der Waals surface area contributed by atoms with E-state index in [1.165, 1.54) is 17.8 Å². The summed E-state index contributed by atoms with van der Waals surface area (Å²) in [6.07, 6.45) is 2.66. The first-order valence-corrected chi connectivity index (χ1v) is 15.3. The number of amides is 2. The molecule has 0 aliphatic heterocycles. The van der Waals surface area contributed by atoms with Gasteiger partial charge in [0.1, 0.15) is 11.6 Å². The van der Waals surface area contributed by atoms with E-state index in [0.717, 1.165) is 23.4 Å². The lowest BCUT2D eigenvalue weighted by Crippen LogP contribution is -2.44. The third-order valence-electron chi connectivity index (χ3n) is 6.83. The normalized spacial score (nSPS) is 12.3. The van der Waals surface area contributed by atoms with Crippen LogP contribution in [0.15, 0.2) is 60.8 Å². The average molecular weight is 601 g/mol. The number of carbonyl (C=O) groups is 2. The number of halogens is 2. The van der Waals surface area contributed by atoms with Crippen LogP contribution in [0.1, 0.15) is 50.9 Å². The van der Waals surface area contributed by atoms with Gasteiger partial charge in [-0.15, -0.1) is 0 Å².